The molecule has 18 heavy (non-hydrogen) atoms. The number of nitrogens with zero attached hydrogens (tertiary/aromatic N) is 3. The Morgan fingerprint density at radius 1 is 1.00 bits per heavy atom. The summed E-state index contributed by atoms with van der Waals surface area (Å²) in [6.45, 7) is 0. The predicted octanol–water partition coefficient (Wildman–Crippen LogP) is 2.60. The van der Waals surface area contributed by atoms with Gasteiger partial charge in [-0.25, -0.2) is 4.98 Å². The average Bonchev–Trinajstić information content (AvgIpc) is 2.39. The van der Waals surface area contributed by atoms with Crippen LogP contribution in [0.15, 0.2) is 48.8 Å². The first-order chi connectivity index (χ1) is 7.79. The number of halogens is 2. The standard InChI is InChI=1S/C12H11N3O.2ClH/c1-15(11-7-3-5-9-14-11)12(16)10-6-2-4-8-13-10;;/h2-9H,1H3;2*1H. The SMILES string of the molecule is CN(C(=O)c1ccccn1)c1ccccn1.Cl.Cl. The third-order valence-corrected chi connectivity index (χ3v) is 2.18. The quantitative estimate of drug-likeness (QED) is 0.852. The lowest BCUT2D eigenvalue weighted by atomic mass is 10.3. The average molecular weight is 286 g/mol. The summed E-state index contributed by atoms with van der Waals surface area (Å²) in [6.07, 6.45) is 3.25. The van der Waals surface area contributed by atoms with E-state index in [0.717, 1.165) is 0 Å². The molecule has 0 aliphatic heterocycles. The maximum absolute atomic E-state index is 12.0. The number of hydrogen-bond acceptors (Lipinski definition) is 3. The molecule has 0 N–H and O–H groups in total. The Kier molecular flexibility index (Phi) is 6.93. The molecule has 96 valence electrons. The minimum atomic E-state index is -0.167. The maximum atomic E-state index is 12.0. The smallest absolute Gasteiger partial charge is 0.277 e. The second kappa shape index (κ2) is 7.63. The third kappa shape index (κ3) is 3.68. The van der Waals surface area contributed by atoms with Crippen molar-refractivity contribution in [3.05, 3.63) is 54.5 Å². The van der Waals surface area contributed by atoms with Crippen molar-refractivity contribution in [2.45, 2.75) is 0 Å². The molecule has 2 aromatic rings. The second-order valence-electron chi connectivity index (χ2n) is 3.27. The fourth-order valence-electron chi connectivity index (χ4n) is 1.32. The number of hydrogen-bond donors (Lipinski definition) is 0. The van der Waals surface area contributed by atoms with Crippen molar-refractivity contribution >= 4 is 36.5 Å². The van der Waals surface area contributed by atoms with Gasteiger partial charge >= 0.3 is 0 Å². The molecule has 2 rings (SSSR count). The maximum Gasteiger partial charge on any atom is 0.277 e. The molecule has 2 aromatic heterocycles. The molecule has 0 spiro atoms. The number of carbonyl (C=O) groups excluding carboxylic acids is 1. The van der Waals surface area contributed by atoms with E-state index in [1.54, 1.807) is 43.7 Å². The summed E-state index contributed by atoms with van der Waals surface area (Å²) in [7, 11) is 1.68. The van der Waals surface area contributed by atoms with Gasteiger partial charge in [0.2, 0.25) is 0 Å². The minimum Gasteiger partial charge on any atom is -0.294 e. The van der Waals surface area contributed by atoms with Crippen LogP contribution in [0.4, 0.5) is 5.82 Å². The van der Waals surface area contributed by atoms with E-state index in [0.29, 0.717) is 11.5 Å². The zero-order valence-corrected chi connectivity index (χ0v) is 11.3. The predicted molar refractivity (Wildman–Crippen MR) is 75.7 cm³/mol. The van der Waals surface area contributed by atoms with E-state index in [9.17, 15) is 4.79 Å². The highest BCUT2D eigenvalue weighted by atomic mass is 35.5. The van der Waals surface area contributed by atoms with E-state index < -0.39 is 0 Å². The first-order valence-electron chi connectivity index (χ1n) is 4.89. The first kappa shape index (κ1) is 16.4. The van der Waals surface area contributed by atoms with Crippen molar-refractivity contribution in [1.29, 1.82) is 0 Å². The van der Waals surface area contributed by atoms with E-state index in [-0.39, 0.29) is 30.7 Å². The molecule has 0 radical (unpaired) electrons. The van der Waals surface area contributed by atoms with Gasteiger partial charge in [-0.3, -0.25) is 14.7 Å². The Bertz CT molecular complexity index is 479. The monoisotopic (exact) mass is 285 g/mol. The lowest BCUT2D eigenvalue weighted by Crippen LogP contribution is -2.27. The summed E-state index contributed by atoms with van der Waals surface area (Å²) in [5.41, 5.74) is 0.413. The van der Waals surface area contributed by atoms with Gasteiger partial charge in [-0.05, 0) is 24.3 Å². The summed E-state index contributed by atoms with van der Waals surface area (Å²) >= 11 is 0. The van der Waals surface area contributed by atoms with Crippen LogP contribution < -0.4 is 4.90 Å². The Morgan fingerprint density at radius 2 is 1.61 bits per heavy atom. The number of rotatable bonds is 2. The Morgan fingerprint density at radius 3 is 2.11 bits per heavy atom. The molecule has 0 unspecified atom stereocenters. The summed E-state index contributed by atoms with van der Waals surface area (Å²) in [6, 6.07) is 10.7. The number of pyridine rings is 2. The topological polar surface area (TPSA) is 46.1 Å². The van der Waals surface area contributed by atoms with Crippen molar-refractivity contribution in [1.82, 2.24) is 9.97 Å². The van der Waals surface area contributed by atoms with Crippen LogP contribution in [0.5, 0.6) is 0 Å². The van der Waals surface area contributed by atoms with Gasteiger partial charge in [0.15, 0.2) is 0 Å². The van der Waals surface area contributed by atoms with Gasteiger partial charge in [0.25, 0.3) is 5.91 Å². The van der Waals surface area contributed by atoms with Crippen LogP contribution in [-0.2, 0) is 0 Å². The van der Waals surface area contributed by atoms with Crippen molar-refractivity contribution in [2.24, 2.45) is 0 Å². The number of carbonyl (C=O) groups is 1. The minimum absolute atomic E-state index is 0. The molecular weight excluding hydrogens is 273 g/mol. The van der Waals surface area contributed by atoms with E-state index in [4.69, 9.17) is 0 Å². The van der Waals surface area contributed by atoms with Gasteiger partial charge in [-0.1, -0.05) is 12.1 Å². The van der Waals surface area contributed by atoms with E-state index in [2.05, 4.69) is 9.97 Å². The summed E-state index contributed by atoms with van der Waals surface area (Å²) in [5.74, 6) is 0.442. The van der Waals surface area contributed by atoms with Crippen molar-refractivity contribution in [2.75, 3.05) is 11.9 Å². The van der Waals surface area contributed by atoms with Gasteiger partial charge in [0, 0.05) is 19.4 Å². The Hall–Kier alpha value is -1.65. The highest BCUT2D eigenvalue weighted by molar-refractivity contribution is 6.03. The van der Waals surface area contributed by atoms with Crippen LogP contribution >= 0.6 is 24.8 Å². The molecule has 0 bridgehead atoms. The van der Waals surface area contributed by atoms with Gasteiger partial charge in [0.1, 0.15) is 11.5 Å². The van der Waals surface area contributed by atoms with E-state index in [1.807, 2.05) is 12.1 Å². The first-order valence-corrected chi connectivity index (χ1v) is 4.89. The van der Waals surface area contributed by atoms with Gasteiger partial charge in [-0.15, -0.1) is 24.8 Å². The van der Waals surface area contributed by atoms with Crippen molar-refractivity contribution in [3.8, 4) is 0 Å². The van der Waals surface area contributed by atoms with Gasteiger partial charge in [0.05, 0.1) is 0 Å². The van der Waals surface area contributed by atoms with Crippen LogP contribution in [0.25, 0.3) is 0 Å². The van der Waals surface area contributed by atoms with Gasteiger partial charge < -0.3 is 0 Å². The molecule has 1 amide bonds. The lowest BCUT2D eigenvalue weighted by molar-refractivity contribution is 0.0987. The van der Waals surface area contributed by atoms with Crippen LogP contribution in [0, 0.1) is 0 Å². The molecule has 0 saturated heterocycles. The van der Waals surface area contributed by atoms with E-state index in [1.165, 1.54) is 4.90 Å². The van der Waals surface area contributed by atoms with Crippen molar-refractivity contribution < 1.29 is 4.79 Å². The highest BCUT2D eigenvalue weighted by Gasteiger charge is 2.14. The molecule has 0 aromatic carbocycles. The third-order valence-electron chi connectivity index (χ3n) is 2.18. The normalized spacial score (nSPS) is 8.72. The van der Waals surface area contributed by atoms with E-state index >= 15 is 0 Å². The number of anilines is 1. The van der Waals surface area contributed by atoms with Crippen LogP contribution in [0.2, 0.25) is 0 Å². The molecule has 0 atom stereocenters. The summed E-state index contributed by atoms with van der Waals surface area (Å²) < 4.78 is 0. The molecule has 0 saturated carbocycles. The Balaban J connectivity index is 0.00000144. The largest absolute Gasteiger partial charge is 0.294 e. The molecule has 0 aliphatic rings. The highest BCUT2D eigenvalue weighted by Crippen LogP contribution is 2.09. The molecular formula is C12H13Cl2N3O. The molecule has 4 nitrogen and oxygen atoms in total. The van der Waals surface area contributed by atoms with Crippen LogP contribution in [0.3, 0.4) is 0 Å². The summed E-state index contributed by atoms with van der Waals surface area (Å²) in [5, 5.41) is 0. The van der Waals surface area contributed by atoms with Crippen LogP contribution in [-0.4, -0.2) is 22.9 Å². The van der Waals surface area contributed by atoms with Gasteiger partial charge in [-0.2, -0.15) is 0 Å². The molecule has 2 heterocycles. The zero-order valence-electron chi connectivity index (χ0n) is 9.69. The molecule has 6 heteroatoms. The fourth-order valence-corrected chi connectivity index (χ4v) is 1.32. The Labute approximate surface area is 118 Å². The van der Waals surface area contributed by atoms with Crippen LogP contribution in [0.1, 0.15) is 10.5 Å². The zero-order chi connectivity index (χ0) is 11.4. The van der Waals surface area contributed by atoms with Crippen molar-refractivity contribution in [3.63, 3.8) is 0 Å². The summed E-state index contributed by atoms with van der Waals surface area (Å²) in [4.78, 5) is 21.6. The molecule has 0 fully saturated rings. The number of amides is 1. The second-order valence-corrected chi connectivity index (χ2v) is 3.27. The fraction of sp³-hybridized carbons (Fsp3) is 0.0833. The molecule has 0 aliphatic carbocycles. The lowest BCUT2D eigenvalue weighted by Gasteiger charge is -2.14. The number of aromatic nitrogens is 2.